The fraction of sp³-hybridized carbons (Fsp3) is 0.800. The zero-order valence-electron chi connectivity index (χ0n) is 20.5. The predicted octanol–water partition coefficient (Wildman–Crippen LogP) is 6.64. The maximum Gasteiger partial charge on any atom is 0.303 e. The van der Waals surface area contributed by atoms with Gasteiger partial charge in [0.25, 0.3) is 0 Å². The smallest absolute Gasteiger partial charge is 0.303 e. The fourth-order valence-corrected chi connectivity index (χ4v) is 2.68. The Morgan fingerprint density at radius 2 is 1.13 bits per heavy atom. The van der Waals surface area contributed by atoms with E-state index in [1.807, 2.05) is 6.92 Å². The summed E-state index contributed by atoms with van der Waals surface area (Å²) in [6.07, 6.45) is 18.2. The number of rotatable bonds is 17. The fourth-order valence-electron chi connectivity index (χ4n) is 2.68. The standard InChI is InChI=1S/C16H32O2.C7H13NO.C2H6N/c1-2-3-4-5-6-7-8-9-10-11-12-13-14-15-16(17)18;1-4-5-8-7(9)6(2)3;1-3-2/h2-15H2,1H3,(H,17,18);2,4-5H2,1,3H3,(H,8,9);3H,1H2,2H3. The normalized spacial score (nSPS) is 9.63. The minimum Gasteiger partial charge on any atom is -0.481 e. The second kappa shape index (κ2) is 29.8. The Hall–Kier alpha value is -1.36. The topological polar surface area (TPSA) is 78.4 Å². The molecule has 0 aliphatic heterocycles. The van der Waals surface area contributed by atoms with Gasteiger partial charge in [0.1, 0.15) is 0 Å². The van der Waals surface area contributed by atoms with E-state index in [0.29, 0.717) is 12.0 Å². The van der Waals surface area contributed by atoms with Gasteiger partial charge in [-0.3, -0.25) is 9.59 Å². The largest absolute Gasteiger partial charge is 0.481 e. The van der Waals surface area contributed by atoms with E-state index in [0.717, 1.165) is 25.8 Å². The molecule has 0 saturated heterocycles. The Morgan fingerprint density at radius 1 is 0.767 bits per heavy atom. The molecule has 0 unspecified atom stereocenters. The van der Waals surface area contributed by atoms with E-state index in [1.54, 1.807) is 14.0 Å². The van der Waals surface area contributed by atoms with Crippen molar-refractivity contribution in [1.29, 1.82) is 0 Å². The lowest BCUT2D eigenvalue weighted by Gasteiger charge is -2.02. The van der Waals surface area contributed by atoms with Crippen molar-refractivity contribution < 1.29 is 14.7 Å². The lowest BCUT2D eigenvalue weighted by Crippen LogP contribution is -2.24. The quantitative estimate of drug-likeness (QED) is 0.180. The van der Waals surface area contributed by atoms with Crippen LogP contribution in [0.5, 0.6) is 0 Å². The van der Waals surface area contributed by atoms with E-state index in [4.69, 9.17) is 5.11 Å². The number of nitrogens with one attached hydrogen (secondary N) is 2. The van der Waals surface area contributed by atoms with Gasteiger partial charge in [-0.25, -0.2) is 0 Å². The van der Waals surface area contributed by atoms with Crippen LogP contribution in [0.4, 0.5) is 0 Å². The zero-order chi connectivity index (χ0) is 23.5. The van der Waals surface area contributed by atoms with Gasteiger partial charge in [0.2, 0.25) is 5.91 Å². The highest BCUT2D eigenvalue weighted by atomic mass is 16.4. The van der Waals surface area contributed by atoms with Crippen molar-refractivity contribution in [2.24, 2.45) is 0 Å². The second-order valence-electron chi connectivity index (χ2n) is 7.78. The van der Waals surface area contributed by atoms with Crippen molar-refractivity contribution in [3.8, 4) is 0 Å². The Kier molecular flexibility index (Phi) is 33.1. The van der Waals surface area contributed by atoms with Crippen LogP contribution in [0.1, 0.15) is 117 Å². The molecule has 0 aliphatic rings. The van der Waals surface area contributed by atoms with E-state index in [2.05, 4.69) is 31.2 Å². The third-order valence-electron chi connectivity index (χ3n) is 4.42. The molecule has 30 heavy (non-hydrogen) atoms. The second-order valence-corrected chi connectivity index (χ2v) is 7.78. The molecule has 3 N–H and O–H groups in total. The van der Waals surface area contributed by atoms with E-state index in [-0.39, 0.29) is 5.91 Å². The average Bonchev–Trinajstić information content (AvgIpc) is 2.70. The van der Waals surface area contributed by atoms with Crippen molar-refractivity contribution in [2.45, 2.75) is 117 Å². The molecule has 0 spiro atoms. The molecule has 0 atom stereocenters. The van der Waals surface area contributed by atoms with Crippen LogP contribution in [-0.2, 0) is 9.59 Å². The summed E-state index contributed by atoms with van der Waals surface area (Å²) in [7, 11) is 5.00. The molecule has 5 heteroatoms. The summed E-state index contributed by atoms with van der Waals surface area (Å²) in [6.45, 7) is 10.2. The van der Waals surface area contributed by atoms with Crippen LogP contribution < -0.4 is 10.6 Å². The summed E-state index contributed by atoms with van der Waals surface area (Å²) in [4.78, 5) is 21.0. The minimum atomic E-state index is -0.655. The van der Waals surface area contributed by atoms with Gasteiger partial charge in [0, 0.05) is 25.6 Å². The number of carboxylic acids is 1. The first-order valence-electron chi connectivity index (χ1n) is 12.0. The van der Waals surface area contributed by atoms with Crippen molar-refractivity contribution in [2.75, 3.05) is 13.6 Å². The van der Waals surface area contributed by atoms with E-state index in [9.17, 15) is 9.59 Å². The number of unbranched alkanes of at least 4 members (excludes halogenated alkanes) is 12. The van der Waals surface area contributed by atoms with Gasteiger partial charge >= 0.3 is 5.97 Å². The Labute approximate surface area is 187 Å². The number of carbonyl (C=O) groups is 2. The van der Waals surface area contributed by atoms with Gasteiger partial charge in [-0.15, -0.1) is 0 Å². The molecule has 0 aliphatic carbocycles. The van der Waals surface area contributed by atoms with Crippen LogP contribution in [0.2, 0.25) is 0 Å². The molecule has 0 aromatic rings. The lowest BCUT2D eigenvalue weighted by atomic mass is 10.0. The highest BCUT2D eigenvalue weighted by Gasteiger charge is 1.97. The third kappa shape index (κ3) is 37.4. The number of hydrogen-bond acceptors (Lipinski definition) is 3. The summed E-state index contributed by atoms with van der Waals surface area (Å²) < 4.78 is 0. The molecule has 1 amide bonds. The summed E-state index contributed by atoms with van der Waals surface area (Å²) in [5.41, 5.74) is 0.573. The Bertz CT molecular complexity index is 385. The first-order chi connectivity index (χ1) is 14.4. The predicted molar refractivity (Wildman–Crippen MR) is 130 cm³/mol. The number of carbonyl (C=O) groups excluding carboxylic acids is 1. The zero-order valence-corrected chi connectivity index (χ0v) is 20.5. The van der Waals surface area contributed by atoms with Gasteiger partial charge < -0.3 is 15.7 Å². The molecule has 0 saturated carbocycles. The number of hydrogen-bond donors (Lipinski definition) is 3. The molecule has 0 heterocycles. The average molecular weight is 428 g/mol. The molecule has 0 aromatic carbocycles. The molecule has 1 radical (unpaired) electrons. The molecule has 0 fully saturated rings. The van der Waals surface area contributed by atoms with E-state index >= 15 is 0 Å². The SMILES string of the molecule is C=C(C)C(=O)NCCC.CCCCCCCCCCCCCCCC(=O)O.[CH2]NC. The summed E-state index contributed by atoms with van der Waals surface area (Å²) >= 11 is 0. The molecular formula is C25H51N2O3. The maximum atomic E-state index is 10.7. The lowest BCUT2D eigenvalue weighted by molar-refractivity contribution is -0.137. The summed E-state index contributed by atoms with van der Waals surface area (Å²) in [5.74, 6) is -0.699. The molecule has 0 aromatic heterocycles. The monoisotopic (exact) mass is 427 g/mol. The number of amides is 1. The highest BCUT2D eigenvalue weighted by Crippen LogP contribution is 2.12. The van der Waals surface area contributed by atoms with Crippen LogP contribution in [0.25, 0.3) is 0 Å². The van der Waals surface area contributed by atoms with Crippen LogP contribution >= 0.6 is 0 Å². The molecule has 0 bridgehead atoms. The Balaban J connectivity index is -0.000000505. The van der Waals surface area contributed by atoms with E-state index < -0.39 is 5.97 Å². The number of aliphatic carboxylic acids is 1. The van der Waals surface area contributed by atoms with Gasteiger partial charge in [-0.1, -0.05) is 97.5 Å². The van der Waals surface area contributed by atoms with E-state index in [1.165, 1.54) is 70.6 Å². The molecule has 0 rings (SSSR count). The highest BCUT2D eigenvalue weighted by molar-refractivity contribution is 5.91. The third-order valence-corrected chi connectivity index (χ3v) is 4.42. The van der Waals surface area contributed by atoms with Crippen LogP contribution in [0.3, 0.4) is 0 Å². The maximum absolute atomic E-state index is 10.7. The van der Waals surface area contributed by atoms with Gasteiger partial charge in [0.05, 0.1) is 0 Å². The minimum absolute atomic E-state index is 0.0446. The summed E-state index contributed by atoms with van der Waals surface area (Å²) in [5, 5.41) is 13.7. The van der Waals surface area contributed by atoms with Gasteiger partial charge in [-0.2, -0.15) is 0 Å². The van der Waals surface area contributed by atoms with Gasteiger partial charge in [-0.05, 0) is 26.8 Å². The van der Waals surface area contributed by atoms with Crippen molar-refractivity contribution in [1.82, 2.24) is 10.6 Å². The van der Waals surface area contributed by atoms with Crippen molar-refractivity contribution >= 4 is 11.9 Å². The number of carboxylic acid groups (broad SMARTS) is 1. The van der Waals surface area contributed by atoms with Crippen LogP contribution in [0, 0.1) is 7.05 Å². The van der Waals surface area contributed by atoms with Crippen LogP contribution in [-0.4, -0.2) is 30.6 Å². The molecule has 179 valence electrons. The molecule has 5 nitrogen and oxygen atoms in total. The van der Waals surface area contributed by atoms with Crippen molar-refractivity contribution in [3.63, 3.8) is 0 Å². The Morgan fingerprint density at radius 3 is 1.43 bits per heavy atom. The summed E-state index contributed by atoms with van der Waals surface area (Å²) in [6, 6.07) is 0. The van der Waals surface area contributed by atoms with Crippen LogP contribution in [0.15, 0.2) is 12.2 Å². The molecular weight excluding hydrogens is 376 g/mol. The first kappa shape index (κ1) is 33.3. The first-order valence-corrected chi connectivity index (χ1v) is 12.0. The van der Waals surface area contributed by atoms with Crippen molar-refractivity contribution in [3.05, 3.63) is 19.2 Å². The van der Waals surface area contributed by atoms with Gasteiger partial charge in [0.15, 0.2) is 0 Å².